The Morgan fingerprint density at radius 1 is 0.875 bits per heavy atom. The summed E-state index contributed by atoms with van der Waals surface area (Å²) in [6.07, 6.45) is 3.37. The molecule has 4 aromatic rings. The van der Waals surface area contributed by atoms with Gasteiger partial charge in [0.05, 0.1) is 6.42 Å². The van der Waals surface area contributed by atoms with Gasteiger partial charge in [-0.1, -0.05) is 60.7 Å². The predicted molar refractivity (Wildman–Crippen MR) is 124 cm³/mol. The lowest BCUT2D eigenvalue weighted by Crippen LogP contribution is -2.13. The molecule has 0 radical (unpaired) electrons. The van der Waals surface area contributed by atoms with E-state index in [1.165, 1.54) is 17.2 Å². The summed E-state index contributed by atoms with van der Waals surface area (Å²) in [6.45, 7) is 0.0516. The Labute approximate surface area is 186 Å². The van der Waals surface area contributed by atoms with E-state index in [4.69, 9.17) is 9.15 Å². The Morgan fingerprint density at radius 2 is 1.50 bits per heavy atom. The topological polar surface area (TPSA) is 56.5 Å². The van der Waals surface area contributed by atoms with E-state index in [0.29, 0.717) is 11.1 Å². The molecule has 1 heterocycles. The second-order valence-corrected chi connectivity index (χ2v) is 8.30. The lowest BCUT2D eigenvalue weighted by Gasteiger charge is -2.17. The van der Waals surface area contributed by atoms with Gasteiger partial charge in [-0.05, 0) is 53.6 Å². The van der Waals surface area contributed by atoms with Gasteiger partial charge in [-0.3, -0.25) is 4.79 Å². The molecule has 0 amide bonds. The second-order valence-electron chi connectivity index (χ2n) is 8.30. The summed E-state index contributed by atoms with van der Waals surface area (Å²) < 4.78 is 11.1. The maximum Gasteiger partial charge on any atom is 0.336 e. The third kappa shape index (κ3) is 4.22. The molecule has 1 aliphatic rings. The third-order valence-electron chi connectivity index (χ3n) is 6.21. The van der Waals surface area contributed by atoms with Crippen LogP contribution < -0.4 is 5.63 Å². The van der Waals surface area contributed by atoms with Crippen molar-refractivity contribution in [1.29, 1.82) is 0 Å². The third-order valence-corrected chi connectivity index (χ3v) is 6.21. The molecule has 5 rings (SSSR count). The Bertz CT molecular complexity index is 1270. The van der Waals surface area contributed by atoms with Gasteiger partial charge in [-0.15, -0.1) is 0 Å². The summed E-state index contributed by atoms with van der Waals surface area (Å²) in [5.74, 6) is -0.393. The fourth-order valence-corrected chi connectivity index (χ4v) is 4.60. The summed E-state index contributed by atoms with van der Waals surface area (Å²) in [6, 6.07) is 25.4. The molecule has 32 heavy (non-hydrogen) atoms. The van der Waals surface area contributed by atoms with Crippen molar-refractivity contribution in [3.63, 3.8) is 0 Å². The smallest absolute Gasteiger partial charge is 0.336 e. The zero-order chi connectivity index (χ0) is 21.9. The number of fused-ring (bicyclic) bond motifs is 2. The van der Waals surface area contributed by atoms with Crippen molar-refractivity contribution < 1.29 is 13.9 Å². The van der Waals surface area contributed by atoms with E-state index in [9.17, 15) is 9.59 Å². The highest BCUT2D eigenvalue weighted by Crippen LogP contribution is 2.30. The number of rotatable bonds is 6. The number of hydrogen-bond donors (Lipinski definition) is 0. The van der Waals surface area contributed by atoms with Crippen LogP contribution in [0.4, 0.5) is 0 Å². The van der Waals surface area contributed by atoms with Gasteiger partial charge in [0.1, 0.15) is 12.2 Å². The fraction of sp³-hybridized carbons (Fsp3) is 0.214. The molecular formula is C28H24O4. The van der Waals surface area contributed by atoms with E-state index in [-0.39, 0.29) is 24.9 Å². The average molecular weight is 424 g/mol. The monoisotopic (exact) mass is 424 g/mol. The fourth-order valence-electron chi connectivity index (χ4n) is 4.60. The lowest BCUT2D eigenvalue weighted by molar-refractivity contribution is -0.145. The number of ether oxygens (including phenoxy) is 1. The maximum atomic E-state index is 12.9. The van der Waals surface area contributed by atoms with E-state index in [0.717, 1.165) is 35.8 Å². The van der Waals surface area contributed by atoms with Gasteiger partial charge in [0.25, 0.3) is 0 Å². The number of hydrogen-bond acceptors (Lipinski definition) is 4. The van der Waals surface area contributed by atoms with Crippen LogP contribution >= 0.6 is 0 Å². The summed E-state index contributed by atoms with van der Waals surface area (Å²) in [5.41, 5.74) is 5.49. The quantitative estimate of drug-likeness (QED) is 0.301. The summed E-state index contributed by atoms with van der Waals surface area (Å²) in [4.78, 5) is 24.9. The normalized spacial score (nSPS) is 12.8. The van der Waals surface area contributed by atoms with Crippen molar-refractivity contribution in [3.05, 3.63) is 117 Å². The van der Waals surface area contributed by atoms with Crippen LogP contribution in [0, 0.1) is 0 Å². The van der Waals surface area contributed by atoms with Crippen molar-refractivity contribution in [2.45, 2.75) is 38.2 Å². The predicted octanol–water partition coefficient (Wildman–Crippen LogP) is 5.55. The minimum absolute atomic E-state index is 0.0516. The van der Waals surface area contributed by atoms with Gasteiger partial charge >= 0.3 is 11.6 Å². The van der Waals surface area contributed by atoms with Crippen molar-refractivity contribution >= 4 is 16.9 Å². The molecule has 0 unspecified atom stereocenters. The molecule has 0 aliphatic heterocycles. The van der Waals surface area contributed by atoms with Crippen molar-refractivity contribution in [3.8, 4) is 0 Å². The van der Waals surface area contributed by atoms with E-state index in [1.807, 2.05) is 66.7 Å². The number of carbonyl (C=O) groups is 1. The molecule has 4 heteroatoms. The molecule has 4 nitrogen and oxygen atoms in total. The standard InChI is InChI=1S/C28H24O4/c29-27(17-24(19-8-3-1-4-9-19)20-10-5-2-6-11-20)31-18-23-16-28(30)32-26-15-22-13-7-12-21(22)14-25(23)26/h1-6,8-11,14-16,24H,7,12-13,17-18H2. The van der Waals surface area contributed by atoms with Crippen molar-refractivity contribution in [1.82, 2.24) is 0 Å². The van der Waals surface area contributed by atoms with E-state index in [2.05, 4.69) is 6.07 Å². The molecule has 0 fully saturated rings. The molecular weight excluding hydrogens is 400 g/mol. The average Bonchev–Trinajstić information content (AvgIpc) is 3.28. The van der Waals surface area contributed by atoms with Gasteiger partial charge in [-0.25, -0.2) is 4.79 Å². The largest absolute Gasteiger partial charge is 0.461 e. The first kappa shape index (κ1) is 20.3. The SMILES string of the molecule is O=C(CC(c1ccccc1)c1ccccc1)OCc1cc(=O)oc2cc3c(cc12)CCC3. The maximum absolute atomic E-state index is 12.9. The molecule has 3 aromatic carbocycles. The number of aryl methyl sites for hydroxylation is 2. The number of esters is 1. The second kappa shape index (κ2) is 8.83. The summed E-state index contributed by atoms with van der Waals surface area (Å²) in [5, 5.41) is 0.848. The highest BCUT2D eigenvalue weighted by molar-refractivity contribution is 5.82. The van der Waals surface area contributed by atoms with Crippen LogP contribution in [0.15, 0.2) is 88.1 Å². The highest BCUT2D eigenvalue weighted by Gasteiger charge is 2.20. The highest BCUT2D eigenvalue weighted by atomic mass is 16.5. The first-order valence-corrected chi connectivity index (χ1v) is 11.0. The van der Waals surface area contributed by atoms with Crippen LogP contribution in [-0.2, 0) is 29.0 Å². The Balaban J connectivity index is 1.37. The van der Waals surface area contributed by atoms with E-state index in [1.54, 1.807) is 0 Å². The zero-order valence-corrected chi connectivity index (χ0v) is 17.8. The lowest BCUT2D eigenvalue weighted by atomic mass is 9.88. The van der Waals surface area contributed by atoms with Gasteiger partial charge < -0.3 is 9.15 Å². The Morgan fingerprint density at radius 3 is 2.16 bits per heavy atom. The summed E-state index contributed by atoms with van der Waals surface area (Å²) in [7, 11) is 0. The van der Waals surface area contributed by atoms with Crippen LogP contribution in [0.5, 0.6) is 0 Å². The van der Waals surface area contributed by atoms with E-state index < -0.39 is 5.63 Å². The number of benzene rings is 3. The van der Waals surface area contributed by atoms with Gasteiger partial charge in [-0.2, -0.15) is 0 Å². The van der Waals surface area contributed by atoms with Crippen molar-refractivity contribution in [2.75, 3.05) is 0 Å². The minimum Gasteiger partial charge on any atom is -0.461 e. The van der Waals surface area contributed by atoms with Crippen LogP contribution in [0.3, 0.4) is 0 Å². The van der Waals surface area contributed by atoms with E-state index >= 15 is 0 Å². The zero-order valence-electron chi connectivity index (χ0n) is 17.8. The van der Waals surface area contributed by atoms with Crippen LogP contribution in [0.25, 0.3) is 11.0 Å². The van der Waals surface area contributed by atoms with Crippen LogP contribution in [-0.4, -0.2) is 5.97 Å². The van der Waals surface area contributed by atoms with Crippen LogP contribution in [0.1, 0.15) is 46.6 Å². The molecule has 0 atom stereocenters. The molecule has 0 saturated carbocycles. The summed E-state index contributed by atoms with van der Waals surface area (Å²) >= 11 is 0. The van der Waals surface area contributed by atoms with Gasteiger partial charge in [0, 0.05) is 22.9 Å². The van der Waals surface area contributed by atoms with Gasteiger partial charge in [0.15, 0.2) is 0 Å². The molecule has 0 N–H and O–H groups in total. The van der Waals surface area contributed by atoms with Crippen molar-refractivity contribution in [2.24, 2.45) is 0 Å². The molecule has 160 valence electrons. The molecule has 0 saturated heterocycles. The Hall–Kier alpha value is -3.66. The first-order chi connectivity index (χ1) is 15.7. The molecule has 0 bridgehead atoms. The first-order valence-electron chi connectivity index (χ1n) is 11.0. The number of carbonyl (C=O) groups excluding carboxylic acids is 1. The molecule has 1 aliphatic carbocycles. The Kier molecular flexibility index (Phi) is 5.59. The van der Waals surface area contributed by atoms with Gasteiger partial charge in [0.2, 0.25) is 0 Å². The molecule has 1 aromatic heterocycles. The van der Waals surface area contributed by atoms with Crippen LogP contribution in [0.2, 0.25) is 0 Å². The minimum atomic E-state index is -0.423. The molecule has 0 spiro atoms.